The Morgan fingerprint density at radius 3 is 2.46 bits per heavy atom. The minimum absolute atomic E-state index is 0.00318. The van der Waals surface area contributed by atoms with Crippen LogP contribution in [0.3, 0.4) is 0 Å². The van der Waals surface area contributed by atoms with Gasteiger partial charge in [0.15, 0.2) is 0 Å². The number of piperidine rings is 1. The predicted molar refractivity (Wildman–Crippen MR) is 114 cm³/mol. The maximum atomic E-state index is 12.6. The van der Waals surface area contributed by atoms with E-state index in [1.807, 2.05) is 12.1 Å². The van der Waals surface area contributed by atoms with Crippen molar-refractivity contribution in [3.63, 3.8) is 0 Å². The van der Waals surface area contributed by atoms with E-state index in [1.165, 1.54) is 0 Å². The summed E-state index contributed by atoms with van der Waals surface area (Å²) in [6.07, 6.45) is 1.59. The van der Waals surface area contributed by atoms with Gasteiger partial charge in [-0.05, 0) is 57.0 Å². The minimum Gasteiger partial charge on any atom is -0.347 e. The Balaban J connectivity index is 1.37. The Morgan fingerprint density at radius 2 is 1.79 bits per heavy atom. The van der Waals surface area contributed by atoms with Gasteiger partial charge in [0.25, 0.3) is 0 Å². The summed E-state index contributed by atoms with van der Waals surface area (Å²) >= 11 is 7.58. The van der Waals surface area contributed by atoms with Crippen molar-refractivity contribution in [1.82, 2.24) is 14.8 Å². The third kappa shape index (κ3) is 3.91. The number of aryl methyl sites for hydroxylation is 2. The maximum absolute atomic E-state index is 12.6. The molecular weight excluding hydrogens is 394 g/mol. The lowest BCUT2D eigenvalue weighted by Gasteiger charge is -2.30. The van der Waals surface area contributed by atoms with Crippen molar-refractivity contribution < 1.29 is 4.79 Å². The first-order chi connectivity index (χ1) is 13.5. The van der Waals surface area contributed by atoms with Crippen LogP contribution in [0.15, 0.2) is 36.4 Å². The first kappa shape index (κ1) is 19.0. The number of nitrogens with zero attached hydrogens (tertiary/aromatic N) is 4. The van der Waals surface area contributed by atoms with Gasteiger partial charge in [0.05, 0.1) is 0 Å². The molecule has 0 radical (unpaired) electrons. The van der Waals surface area contributed by atoms with E-state index >= 15 is 0 Å². The van der Waals surface area contributed by atoms with Gasteiger partial charge in [-0.1, -0.05) is 29.0 Å². The number of carbonyl (C=O) groups is 1. The van der Waals surface area contributed by atoms with Crippen molar-refractivity contribution in [3.05, 3.63) is 52.8 Å². The molecule has 4 rings (SSSR count). The number of hydrogen-bond donors (Lipinski definition) is 1. The zero-order valence-electron chi connectivity index (χ0n) is 15.9. The van der Waals surface area contributed by atoms with E-state index in [0.717, 1.165) is 53.3 Å². The summed E-state index contributed by atoms with van der Waals surface area (Å²) in [5.74, 6) is 0.0509. The second kappa shape index (κ2) is 7.93. The summed E-state index contributed by atoms with van der Waals surface area (Å²) in [5, 5.41) is 14.1. The first-order valence-electron chi connectivity index (χ1n) is 9.31. The third-order valence-electron chi connectivity index (χ3n) is 5.09. The van der Waals surface area contributed by atoms with Crippen LogP contribution in [0.1, 0.15) is 24.2 Å². The maximum Gasteiger partial charge on any atom is 0.227 e. The largest absolute Gasteiger partial charge is 0.347 e. The number of halogens is 1. The number of rotatable bonds is 4. The Hall–Kier alpha value is -2.38. The summed E-state index contributed by atoms with van der Waals surface area (Å²) < 4.78 is 2.12. The lowest BCUT2D eigenvalue weighted by atomic mass is 9.96. The number of amides is 1. The van der Waals surface area contributed by atoms with Crippen LogP contribution >= 0.6 is 22.9 Å². The van der Waals surface area contributed by atoms with E-state index in [0.29, 0.717) is 5.02 Å². The van der Waals surface area contributed by atoms with Gasteiger partial charge >= 0.3 is 0 Å². The summed E-state index contributed by atoms with van der Waals surface area (Å²) in [4.78, 5) is 14.8. The van der Waals surface area contributed by atoms with Gasteiger partial charge in [0.1, 0.15) is 0 Å². The Morgan fingerprint density at radius 1 is 1.11 bits per heavy atom. The number of benzene rings is 1. The normalized spacial score (nSPS) is 15.0. The fourth-order valence-corrected chi connectivity index (χ4v) is 4.75. The fourth-order valence-electron chi connectivity index (χ4n) is 3.54. The van der Waals surface area contributed by atoms with Gasteiger partial charge in [0.2, 0.25) is 16.2 Å². The second-order valence-electron chi connectivity index (χ2n) is 7.08. The highest BCUT2D eigenvalue weighted by atomic mass is 35.5. The molecule has 0 spiro atoms. The molecule has 1 N–H and O–H groups in total. The van der Waals surface area contributed by atoms with Gasteiger partial charge in [0, 0.05) is 41.1 Å². The number of aromatic nitrogens is 3. The number of carbonyl (C=O) groups excluding carboxylic acids is 1. The van der Waals surface area contributed by atoms with Crippen molar-refractivity contribution in [2.45, 2.75) is 26.7 Å². The molecular formula is C20H22ClN5OS. The molecule has 146 valence electrons. The lowest BCUT2D eigenvalue weighted by Crippen LogP contribution is -2.38. The molecule has 1 aliphatic rings. The van der Waals surface area contributed by atoms with Crippen LogP contribution in [-0.4, -0.2) is 33.8 Å². The molecule has 1 aromatic carbocycles. The number of nitrogens with one attached hydrogen (secondary N) is 1. The molecule has 0 bridgehead atoms. The van der Waals surface area contributed by atoms with Crippen LogP contribution in [0.4, 0.5) is 10.8 Å². The molecule has 6 nitrogen and oxygen atoms in total. The number of hydrogen-bond acceptors (Lipinski definition) is 5. The quantitative estimate of drug-likeness (QED) is 0.683. The van der Waals surface area contributed by atoms with Crippen LogP contribution in [-0.2, 0) is 4.79 Å². The highest BCUT2D eigenvalue weighted by molar-refractivity contribution is 7.17. The monoisotopic (exact) mass is 415 g/mol. The third-order valence-corrected chi connectivity index (χ3v) is 6.30. The highest BCUT2D eigenvalue weighted by Gasteiger charge is 2.27. The Labute approximate surface area is 173 Å². The summed E-state index contributed by atoms with van der Waals surface area (Å²) in [6, 6.07) is 11.4. The van der Waals surface area contributed by atoms with Crippen molar-refractivity contribution in [2.75, 3.05) is 23.3 Å². The van der Waals surface area contributed by atoms with E-state index < -0.39 is 0 Å². The van der Waals surface area contributed by atoms with Gasteiger partial charge in [-0.2, -0.15) is 0 Å². The molecule has 8 heteroatoms. The molecule has 0 aliphatic carbocycles. The van der Waals surface area contributed by atoms with Gasteiger partial charge in [-0.3, -0.25) is 9.36 Å². The summed E-state index contributed by atoms with van der Waals surface area (Å²) in [6.45, 7) is 5.73. The predicted octanol–water partition coefficient (Wildman–Crippen LogP) is 4.45. The van der Waals surface area contributed by atoms with Crippen LogP contribution < -0.4 is 10.2 Å². The summed E-state index contributed by atoms with van der Waals surface area (Å²) in [5.41, 5.74) is 3.04. The summed E-state index contributed by atoms with van der Waals surface area (Å²) in [7, 11) is 0. The van der Waals surface area contributed by atoms with Crippen molar-refractivity contribution in [3.8, 4) is 5.13 Å². The molecule has 1 saturated heterocycles. The molecule has 1 amide bonds. The molecule has 2 aromatic heterocycles. The molecule has 0 unspecified atom stereocenters. The van der Waals surface area contributed by atoms with Gasteiger partial charge in [-0.15, -0.1) is 10.2 Å². The minimum atomic E-state index is -0.00318. The molecule has 3 aromatic rings. The average molecular weight is 416 g/mol. The van der Waals surface area contributed by atoms with Crippen molar-refractivity contribution >= 4 is 39.7 Å². The average Bonchev–Trinajstić information content (AvgIpc) is 3.28. The lowest BCUT2D eigenvalue weighted by molar-refractivity contribution is -0.120. The SMILES string of the molecule is Cc1ccc(C)n1-c1nnc(N2CCC(C(=O)Nc3cccc(Cl)c3)CC2)s1. The molecule has 0 saturated carbocycles. The Kier molecular flexibility index (Phi) is 5.37. The number of anilines is 2. The van der Waals surface area contributed by atoms with E-state index in [2.05, 4.69) is 51.0 Å². The topological polar surface area (TPSA) is 63.1 Å². The van der Waals surface area contributed by atoms with Gasteiger partial charge < -0.3 is 10.2 Å². The second-order valence-corrected chi connectivity index (χ2v) is 8.45. The highest BCUT2D eigenvalue weighted by Crippen LogP contribution is 2.29. The van der Waals surface area contributed by atoms with Gasteiger partial charge in [-0.25, -0.2) is 0 Å². The Bertz CT molecular complexity index is 971. The van der Waals surface area contributed by atoms with Crippen molar-refractivity contribution in [2.24, 2.45) is 5.92 Å². The zero-order valence-corrected chi connectivity index (χ0v) is 17.4. The first-order valence-corrected chi connectivity index (χ1v) is 10.5. The van der Waals surface area contributed by atoms with E-state index in [-0.39, 0.29) is 11.8 Å². The van der Waals surface area contributed by atoms with E-state index in [9.17, 15) is 4.79 Å². The van der Waals surface area contributed by atoms with Crippen LogP contribution in [0, 0.1) is 19.8 Å². The standard InChI is InChI=1S/C20H22ClN5OS/c1-13-6-7-14(2)26(13)20-24-23-19(28-20)25-10-8-15(9-11-25)18(27)22-17-5-3-4-16(21)12-17/h3-7,12,15H,8-11H2,1-2H3,(H,22,27). The molecule has 0 atom stereocenters. The molecule has 3 heterocycles. The molecule has 1 fully saturated rings. The smallest absolute Gasteiger partial charge is 0.227 e. The van der Waals surface area contributed by atoms with Crippen LogP contribution in [0.2, 0.25) is 5.02 Å². The van der Waals surface area contributed by atoms with Crippen molar-refractivity contribution in [1.29, 1.82) is 0 Å². The van der Waals surface area contributed by atoms with E-state index in [4.69, 9.17) is 11.6 Å². The van der Waals surface area contributed by atoms with E-state index in [1.54, 1.807) is 23.5 Å². The molecule has 28 heavy (non-hydrogen) atoms. The molecule has 1 aliphatic heterocycles. The van der Waals surface area contributed by atoms with Crippen LogP contribution in [0.5, 0.6) is 0 Å². The fraction of sp³-hybridized carbons (Fsp3) is 0.350. The van der Waals surface area contributed by atoms with Crippen LogP contribution in [0.25, 0.3) is 5.13 Å². The zero-order chi connectivity index (χ0) is 19.7.